The summed E-state index contributed by atoms with van der Waals surface area (Å²) in [5.74, 6) is 0.0427. The lowest BCUT2D eigenvalue weighted by Gasteiger charge is -2.08. The SMILES string of the molecule is Cc1ccc(CC(=O)NCc2ccc(CN)cc2)cc1C. The van der Waals surface area contributed by atoms with Gasteiger partial charge in [-0.2, -0.15) is 0 Å². The van der Waals surface area contributed by atoms with Crippen LogP contribution >= 0.6 is 0 Å². The number of benzene rings is 2. The quantitative estimate of drug-likeness (QED) is 0.885. The van der Waals surface area contributed by atoms with Crippen molar-refractivity contribution >= 4 is 5.91 Å². The topological polar surface area (TPSA) is 55.1 Å². The van der Waals surface area contributed by atoms with Gasteiger partial charge in [0, 0.05) is 13.1 Å². The first-order valence-corrected chi connectivity index (χ1v) is 7.19. The van der Waals surface area contributed by atoms with E-state index in [1.54, 1.807) is 0 Å². The molecule has 21 heavy (non-hydrogen) atoms. The normalized spacial score (nSPS) is 10.4. The van der Waals surface area contributed by atoms with Crippen LogP contribution in [0, 0.1) is 13.8 Å². The molecule has 3 N–H and O–H groups in total. The van der Waals surface area contributed by atoms with Gasteiger partial charge in [0.2, 0.25) is 5.91 Å². The highest BCUT2D eigenvalue weighted by Gasteiger charge is 2.04. The van der Waals surface area contributed by atoms with Gasteiger partial charge < -0.3 is 11.1 Å². The van der Waals surface area contributed by atoms with Crippen LogP contribution in [0.5, 0.6) is 0 Å². The summed E-state index contributed by atoms with van der Waals surface area (Å²) in [6.45, 7) is 5.23. The number of carbonyl (C=O) groups is 1. The van der Waals surface area contributed by atoms with E-state index < -0.39 is 0 Å². The van der Waals surface area contributed by atoms with Gasteiger partial charge in [0.15, 0.2) is 0 Å². The molecular formula is C18H22N2O. The molecule has 3 heteroatoms. The Morgan fingerprint density at radius 2 is 1.57 bits per heavy atom. The van der Waals surface area contributed by atoms with Crippen molar-refractivity contribution in [3.05, 3.63) is 70.3 Å². The van der Waals surface area contributed by atoms with Crippen LogP contribution < -0.4 is 11.1 Å². The van der Waals surface area contributed by atoms with Crippen molar-refractivity contribution in [2.75, 3.05) is 0 Å². The van der Waals surface area contributed by atoms with Crippen molar-refractivity contribution in [1.29, 1.82) is 0 Å². The molecule has 0 bridgehead atoms. The molecule has 0 unspecified atom stereocenters. The summed E-state index contributed by atoms with van der Waals surface area (Å²) in [5.41, 5.74) is 11.3. The van der Waals surface area contributed by atoms with Crippen molar-refractivity contribution in [3.63, 3.8) is 0 Å². The Bertz CT molecular complexity index is 618. The molecule has 0 aliphatic rings. The standard InChI is InChI=1S/C18H22N2O/c1-13-3-4-17(9-14(13)2)10-18(21)20-12-16-7-5-15(11-19)6-8-16/h3-9H,10-12,19H2,1-2H3,(H,20,21). The molecule has 2 aromatic carbocycles. The van der Waals surface area contributed by atoms with Gasteiger partial charge in [0.05, 0.1) is 6.42 Å². The second kappa shape index (κ2) is 7.04. The molecular weight excluding hydrogens is 260 g/mol. The van der Waals surface area contributed by atoms with E-state index in [0.717, 1.165) is 16.7 Å². The molecule has 0 fully saturated rings. The van der Waals surface area contributed by atoms with Crippen LogP contribution in [-0.2, 0) is 24.3 Å². The van der Waals surface area contributed by atoms with Crippen molar-refractivity contribution in [2.24, 2.45) is 5.73 Å². The average Bonchev–Trinajstić information content (AvgIpc) is 2.49. The van der Waals surface area contributed by atoms with E-state index in [0.29, 0.717) is 19.5 Å². The van der Waals surface area contributed by atoms with Crippen LogP contribution in [0.3, 0.4) is 0 Å². The molecule has 0 saturated carbocycles. The molecule has 0 atom stereocenters. The van der Waals surface area contributed by atoms with E-state index in [2.05, 4.69) is 31.3 Å². The number of carbonyl (C=O) groups excluding carboxylic acids is 1. The molecule has 0 aliphatic heterocycles. The van der Waals surface area contributed by atoms with Crippen LogP contribution in [0.15, 0.2) is 42.5 Å². The maximum absolute atomic E-state index is 12.0. The molecule has 3 nitrogen and oxygen atoms in total. The Kier molecular flexibility index (Phi) is 5.12. The molecule has 0 radical (unpaired) electrons. The molecule has 2 aromatic rings. The first-order valence-electron chi connectivity index (χ1n) is 7.19. The second-order valence-electron chi connectivity index (χ2n) is 5.39. The van der Waals surface area contributed by atoms with Gasteiger partial charge >= 0.3 is 0 Å². The molecule has 110 valence electrons. The molecule has 0 heterocycles. The van der Waals surface area contributed by atoms with Gasteiger partial charge in [-0.3, -0.25) is 4.79 Å². The monoisotopic (exact) mass is 282 g/mol. The molecule has 2 rings (SSSR count). The Hall–Kier alpha value is -2.13. The van der Waals surface area contributed by atoms with E-state index in [-0.39, 0.29) is 5.91 Å². The minimum Gasteiger partial charge on any atom is -0.352 e. The molecule has 0 saturated heterocycles. The van der Waals surface area contributed by atoms with Gasteiger partial charge in [0.1, 0.15) is 0 Å². The average molecular weight is 282 g/mol. The highest BCUT2D eigenvalue weighted by molar-refractivity contribution is 5.78. The van der Waals surface area contributed by atoms with Crippen molar-refractivity contribution < 1.29 is 4.79 Å². The minimum atomic E-state index is 0.0427. The number of hydrogen-bond donors (Lipinski definition) is 2. The summed E-state index contributed by atoms with van der Waals surface area (Å²) in [4.78, 5) is 12.0. The summed E-state index contributed by atoms with van der Waals surface area (Å²) in [6, 6.07) is 14.1. The van der Waals surface area contributed by atoms with Gasteiger partial charge in [-0.05, 0) is 41.7 Å². The van der Waals surface area contributed by atoms with Gasteiger partial charge in [-0.25, -0.2) is 0 Å². The van der Waals surface area contributed by atoms with E-state index >= 15 is 0 Å². The van der Waals surface area contributed by atoms with Crippen LogP contribution in [-0.4, -0.2) is 5.91 Å². The van der Waals surface area contributed by atoms with E-state index in [1.165, 1.54) is 11.1 Å². The van der Waals surface area contributed by atoms with Crippen molar-refractivity contribution in [1.82, 2.24) is 5.32 Å². The third kappa shape index (κ3) is 4.43. The first-order chi connectivity index (χ1) is 10.1. The fraction of sp³-hybridized carbons (Fsp3) is 0.278. The second-order valence-corrected chi connectivity index (χ2v) is 5.39. The number of hydrogen-bond acceptors (Lipinski definition) is 2. The summed E-state index contributed by atoms with van der Waals surface area (Å²) in [6.07, 6.45) is 0.419. The molecule has 0 spiro atoms. The van der Waals surface area contributed by atoms with E-state index in [9.17, 15) is 4.79 Å². The van der Waals surface area contributed by atoms with E-state index in [1.807, 2.05) is 30.3 Å². The summed E-state index contributed by atoms with van der Waals surface area (Å²) >= 11 is 0. The van der Waals surface area contributed by atoms with Crippen LogP contribution in [0.1, 0.15) is 27.8 Å². The fourth-order valence-corrected chi connectivity index (χ4v) is 2.16. The lowest BCUT2D eigenvalue weighted by atomic mass is 10.0. The number of aryl methyl sites for hydroxylation is 2. The molecule has 0 aliphatic carbocycles. The van der Waals surface area contributed by atoms with Crippen LogP contribution in [0.25, 0.3) is 0 Å². The van der Waals surface area contributed by atoms with Crippen molar-refractivity contribution in [3.8, 4) is 0 Å². The zero-order valence-corrected chi connectivity index (χ0v) is 12.6. The molecule has 1 amide bonds. The number of rotatable bonds is 5. The number of nitrogens with one attached hydrogen (secondary N) is 1. The minimum absolute atomic E-state index is 0.0427. The predicted molar refractivity (Wildman–Crippen MR) is 85.8 cm³/mol. The summed E-state index contributed by atoms with van der Waals surface area (Å²) < 4.78 is 0. The first kappa shape index (κ1) is 15.3. The predicted octanol–water partition coefficient (Wildman–Crippen LogP) is 2.62. The fourth-order valence-electron chi connectivity index (χ4n) is 2.16. The Labute approximate surface area is 126 Å². The lowest BCUT2D eigenvalue weighted by Crippen LogP contribution is -2.24. The Morgan fingerprint density at radius 3 is 2.19 bits per heavy atom. The summed E-state index contributed by atoms with van der Waals surface area (Å²) in [7, 11) is 0. The highest BCUT2D eigenvalue weighted by Crippen LogP contribution is 2.10. The third-order valence-corrected chi connectivity index (χ3v) is 3.68. The van der Waals surface area contributed by atoms with Gasteiger partial charge in [0.25, 0.3) is 0 Å². The zero-order chi connectivity index (χ0) is 15.2. The van der Waals surface area contributed by atoms with Crippen molar-refractivity contribution in [2.45, 2.75) is 33.4 Å². The number of amides is 1. The van der Waals surface area contributed by atoms with E-state index in [4.69, 9.17) is 5.73 Å². The van der Waals surface area contributed by atoms with Crippen LogP contribution in [0.2, 0.25) is 0 Å². The van der Waals surface area contributed by atoms with Crippen LogP contribution in [0.4, 0.5) is 0 Å². The maximum Gasteiger partial charge on any atom is 0.224 e. The third-order valence-electron chi connectivity index (χ3n) is 3.68. The Balaban J connectivity index is 1.87. The molecule has 0 aromatic heterocycles. The smallest absolute Gasteiger partial charge is 0.224 e. The highest BCUT2D eigenvalue weighted by atomic mass is 16.1. The zero-order valence-electron chi connectivity index (χ0n) is 12.6. The van der Waals surface area contributed by atoms with Gasteiger partial charge in [-0.15, -0.1) is 0 Å². The lowest BCUT2D eigenvalue weighted by molar-refractivity contribution is -0.120. The number of nitrogens with two attached hydrogens (primary N) is 1. The Morgan fingerprint density at radius 1 is 0.952 bits per heavy atom. The summed E-state index contributed by atoms with van der Waals surface area (Å²) in [5, 5.41) is 2.95. The van der Waals surface area contributed by atoms with Gasteiger partial charge in [-0.1, -0.05) is 42.5 Å². The maximum atomic E-state index is 12.0. The largest absolute Gasteiger partial charge is 0.352 e.